The molecule has 0 bridgehead atoms. The van der Waals surface area contributed by atoms with E-state index < -0.39 is 17.6 Å². The fourth-order valence-corrected chi connectivity index (χ4v) is 2.23. The Morgan fingerprint density at radius 1 is 1.05 bits per heavy atom. The van der Waals surface area contributed by atoms with E-state index in [1.165, 1.54) is 36.4 Å². The van der Waals surface area contributed by atoms with Gasteiger partial charge in [-0.2, -0.15) is 13.2 Å². The zero-order chi connectivity index (χ0) is 14.8. The van der Waals surface area contributed by atoms with Gasteiger partial charge in [0.1, 0.15) is 5.82 Å². The van der Waals surface area contributed by atoms with Crippen molar-refractivity contribution in [2.24, 2.45) is 0 Å². The second-order valence-corrected chi connectivity index (χ2v) is 4.99. The van der Waals surface area contributed by atoms with E-state index in [-0.39, 0.29) is 12.2 Å². The number of hydrogen-bond donors (Lipinski definition) is 1. The molecule has 0 aliphatic heterocycles. The van der Waals surface area contributed by atoms with Crippen molar-refractivity contribution in [2.45, 2.75) is 12.7 Å². The molecule has 0 amide bonds. The molecule has 0 saturated carbocycles. The summed E-state index contributed by atoms with van der Waals surface area (Å²) < 4.78 is 51.9. The van der Waals surface area contributed by atoms with Gasteiger partial charge in [-0.05, 0) is 29.8 Å². The first-order chi connectivity index (χ1) is 9.38. The first kappa shape index (κ1) is 14.8. The third kappa shape index (κ3) is 3.50. The molecule has 0 aliphatic rings. The summed E-state index contributed by atoms with van der Waals surface area (Å²) in [4.78, 5) is 0. The van der Waals surface area contributed by atoms with Gasteiger partial charge in [0.15, 0.2) is 0 Å². The number of benzene rings is 2. The van der Waals surface area contributed by atoms with E-state index in [1.54, 1.807) is 0 Å². The number of halogens is 5. The van der Waals surface area contributed by atoms with Crippen LogP contribution in [0.1, 0.15) is 11.1 Å². The van der Waals surface area contributed by atoms with Crippen molar-refractivity contribution in [1.82, 2.24) is 0 Å². The minimum Gasteiger partial charge on any atom is -0.380 e. The minimum absolute atomic E-state index is 0.00350. The smallest absolute Gasteiger partial charge is 0.380 e. The summed E-state index contributed by atoms with van der Waals surface area (Å²) in [5.74, 6) is -0.406. The molecular weight excluding hydrogens is 338 g/mol. The van der Waals surface area contributed by atoms with Crippen LogP contribution in [0, 0.1) is 5.82 Å². The molecule has 2 aromatic carbocycles. The summed E-state index contributed by atoms with van der Waals surface area (Å²) in [5.41, 5.74) is -0.0576. The van der Waals surface area contributed by atoms with Crippen molar-refractivity contribution >= 4 is 21.6 Å². The quantitative estimate of drug-likeness (QED) is 0.750. The van der Waals surface area contributed by atoms with Gasteiger partial charge < -0.3 is 5.32 Å². The standard InChI is InChI=1S/C14H10BrF4N/c15-12-7-10(16)6-5-9(12)8-20-13-4-2-1-3-11(13)14(17,18)19/h1-7,20H,8H2. The van der Waals surface area contributed by atoms with Crippen molar-refractivity contribution in [3.63, 3.8) is 0 Å². The van der Waals surface area contributed by atoms with Gasteiger partial charge in [0, 0.05) is 16.7 Å². The summed E-state index contributed by atoms with van der Waals surface area (Å²) in [6, 6.07) is 9.29. The lowest BCUT2D eigenvalue weighted by molar-refractivity contribution is -0.136. The molecule has 0 saturated heterocycles. The van der Waals surface area contributed by atoms with Crippen LogP contribution in [0.25, 0.3) is 0 Å². The van der Waals surface area contributed by atoms with Gasteiger partial charge in [0.05, 0.1) is 5.56 Å². The van der Waals surface area contributed by atoms with Crippen LogP contribution in [0.15, 0.2) is 46.9 Å². The van der Waals surface area contributed by atoms with E-state index in [2.05, 4.69) is 21.2 Å². The SMILES string of the molecule is Fc1ccc(CNc2ccccc2C(F)(F)F)c(Br)c1. The summed E-state index contributed by atoms with van der Waals surface area (Å²) >= 11 is 3.18. The summed E-state index contributed by atoms with van der Waals surface area (Å²) in [7, 11) is 0. The van der Waals surface area contributed by atoms with E-state index in [9.17, 15) is 17.6 Å². The fourth-order valence-electron chi connectivity index (χ4n) is 1.74. The number of alkyl halides is 3. The lowest BCUT2D eigenvalue weighted by Crippen LogP contribution is -2.10. The second kappa shape index (κ2) is 5.83. The molecule has 0 unspecified atom stereocenters. The molecule has 0 atom stereocenters. The first-order valence-corrected chi connectivity index (χ1v) is 6.51. The van der Waals surface area contributed by atoms with Crippen LogP contribution in [0.2, 0.25) is 0 Å². The van der Waals surface area contributed by atoms with E-state index >= 15 is 0 Å². The number of anilines is 1. The molecule has 1 nitrogen and oxygen atoms in total. The Morgan fingerprint density at radius 2 is 1.75 bits per heavy atom. The lowest BCUT2D eigenvalue weighted by Gasteiger charge is -2.14. The average molecular weight is 348 g/mol. The number of rotatable bonds is 3. The van der Waals surface area contributed by atoms with Crippen molar-refractivity contribution in [2.75, 3.05) is 5.32 Å². The maximum atomic E-state index is 12.9. The molecule has 6 heteroatoms. The van der Waals surface area contributed by atoms with E-state index in [1.807, 2.05) is 0 Å². The van der Waals surface area contributed by atoms with Crippen LogP contribution in [0.5, 0.6) is 0 Å². The van der Waals surface area contributed by atoms with E-state index in [4.69, 9.17) is 0 Å². The number of para-hydroxylation sites is 1. The van der Waals surface area contributed by atoms with Crippen molar-refractivity contribution in [3.05, 3.63) is 63.9 Å². The highest BCUT2D eigenvalue weighted by Crippen LogP contribution is 2.34. The predicted molar refractivity (Wildman–Crippen MR) is 72.9 cm³/mol. The minimum atomic E-state index is -4.41. The van der Waals surface area contributed by atoms with Crippen molar-refractivity contribution in [3.8, 4) is 0 Å². The molecule has 0 aromatic heterocycles. The Hall–Kier alpha value is -1.56. The molecule has 0 spiro atoms. The van der Waals surface area contributed by atoms with Gasteiger partial charge in [0.25, 0.3) is 0 Å². The third-order valence-electron chi connectivity index (χ3n) is 2.72. The maximum absolute atomic E-state index is 12.9. The normalized spacial score (nSPS) is 11.4. The van der Waals surface area contributed by atoms with Crippen molar-refractivity contribution < 1.29 is 17.6 Å². The molecule has 2 aromatic rings. The van der Waals surface area contributed by atoms with Gasteiger partial charge in [-0.3, -0.25) is 0 Å². The molecule has 0 fully saturated rings. The highest BCUT2D eigenvalue weighted by atomic mass is 79.9. The Morgan fingerprint density at radius 3 is 2.40 bits per heavy atom. The van der Waals surface area contributed by atoms with Gasteiger partial charge in [-0.15, -0.1) is 0 Å². The van der Waals surface area contributed by atoms with Crippen LogP contribution in [0.4, 0.5) is 23.2 Å². The van der Waals surface area contributed by atoms with Crippen LogP contribution in [-0.4, -0.2) is 0 Å². The van der Waals surface area contributed by atoms with Crippen LogP contribution in [0.3, 0.4) is 0 Å². The fraction of sp³-hybridized carbons (Fsp3) is 0.143. The Labute approximate surface area is 121 Å². The predicted octanol–water partition coefficient (Wildman–Crippen LogP) is 5.22. The molecule has 0 heterocycles. The Balaban J connectivity index is 2.19. The molecule has 0 radical (unpaired) electrons. The lowest BCUT2D eigenvalue weighted by atomic mass is 10.1. The van der Waals surface area contributed by atoms with Gasteiger partial charge in [-0.1, -0.05) is 34.1 Å². The van der Waals surface area contributed by atoms with Gasteiger partial charge >= 0.3 is 6.18 Å². The maximum Gasteiger partial charge on any atom is 0.418 e. The first-order valence-electron chi connectivity index (χ1n) is 5.72. The summed E-state index contributed by atoms with van der Waals surface area (Å²) in [6.07, 6.45) is -4.41. The average Bonchev–Trinajstić information content (AvgIpc) is 2.37. The number of hydrogen-bond acceptors (Lipinski definition) is 1. The van der Waals surface area contributed by atoms with Crippen LogP contribution >= 0.6 is 15.9 Å². The molecule has 106 valence electrons. The zero-order valence-electron chi connectivity index (χ0n) is 10.1. The van der Waals surface area contributed by atoms with Gasteiger partial charge in [-0.25, -0.2) is 4.39 Å². The van der Waals surface area contributed by atoms with Crippen molar-refractivity contribution in [1.29, 1.82) is 0 Å². The van der Waals surface area contributed by atoms with Gasteiger partial charge in [0.2, 0.25) is 0 Å². The summed E-state index contributed by atoms with van der Waals surface area (Å²) in [5, 5.41) is 2.72. The second-order valence-electron chi connectivity index (χ2n) is 4.13. The molecule has 1 N–H and O–H groups in total. The molecular formula is C14H10BrF4N. The molecule has 0 aliphatic carbocycles. The highest BCUT2D eigenvalue weighted by Gasteiger charge is 2.33. The Bertz CT molecular complexity index is 610. The summed E-state index contributed by atoms with van der Waals surface area (Å²) in [6.45, 7) is 0.161. The molecule has 20 heavy (non-hydrogen) atoms. The number of nitrogens with one attached hydrogen (secondary N) is 1. The third-order valence-corrected chi connectivity index (χ3v) is 3.46. The zero-order valence-corrected chi connectivity index (χ0v) is 11.7. The van der Waals surface area contributed by atoms with E-state index in [0.717, 1.165) is 6.07 Å². The Kier molecular flexibility index (Phi) is 4.32. The van der Waals surface area contributed by atoms with Crippen LogP contribution < -0.4 is 5.32 Å². The molecule has 2 rings (SSSR count). The monoisotopic (exact) mass is 347 g/mol. The largest absolute Gasteiger partial charge is 0.418 e. The van der Waals surface area contributed by atoms with Crippen LogP contribution in [-0.2, 0) is 12.7 Å². The topological polar surface area (TPSA) is 12.0 Å². The van der Waals surface area contributed by atoms with E-state index in [0.29, 0.717) is 10.0 Å². The highest BCUT2D eigenvalue weighted by molar-refractivity contribution is 9.10.